The van der Waals surface area contributed by atoms with Crippen LogP contribution >= 0.6 is 15.9 Å². The van der Waals surface area contributed by atoms with Crippen LogP contribution in [0.15, 0.2) is 75.0 Å². The van der Waals surface area contributed by atoms with Crippen LogP contribution in [0, 0.1) is 6.92 Å². The van der Waals surface area contributed by atoms with Gasteiger partial charge in [0.1, 0.15) is 5.82 Å². The van der Waals surface area contributed by atoms with Crippen molar-refractivity contribution in [3.8, 4) is 11.5 Å². The van der Waals surface area contributed by atoms with Gasteiger partial charge >= 0.3 is 0 Å². The number of benzene rings is 3. The molecule has 1 atom stereocenters. The summed E-state index contributed by atoms with van der Waals surface area (Å²) in [6.45, 7) is 8.10. The third kappa shape index (κ3) is 6.72. The van der Waals surface area contributed by atoms with Gasteiger partial charge in [-0.15, -0.1) is 0 Å². The minimum atomic E-state index is -0.273. The quantitative estimate of drug-likeness (QED) is 0.219. The van der Waals surface area contributed by atoms with Gasteiger partial charge in [-0.05, 0) is 73.9 Å². The molecule has 0 spiro atoms. The van der Waals surface area contributed by atoms with E-state index in [1.165, 1.54) is 4.68 Å². The van der Waals surface area contributed by atoms with Gasteiger partial charge in [0.25, 0.3) is 11.5 Å². The van der Waals surface area contributed by atoms with Gasteiger partial charge in [0.15, 0.2) is 18.1 Å². The van der Waals surface area contributed by atoms with E-state index < -0.39 is 0 Å². The number of anilines is 1. The highest BCUT2D eigenvalue weighted by Gasteiger charge is 2.16. The molecule has 1 N–H and O–H groups in total. The normalized spacial score (nSPS) is 12.0. The van der Waals surface area contributed by atoms with E-state index in [0.717, 1.165) is 22.1 Å². The van der Waals surface area contributed by atoms with Gasteiger partial charge in [-0.1, -0.05) is 48.0 Å². The molecule has 9 heteroatoms. The first-order valence-corrected chi connectivity index (χ1v) is 13.6. The van der Waals surface area contributed by atoms with E-state index in [-0.39, 0.29) is 24.0 Å². The number of aryl methyl sites for hydroxylation is 1. The summed E-state index contributed by atoms with van der Waals surface area (Å²) in [6, 6.07) is 18.3. The van der Waals surface area contributed by atoms with E-state index in [4.69, 9.17) is 14.5 Å². The zero-order valence-corrected chi connectivity index (χ0v) is 24.0. The zero-order valence-electron chi connectivity index (χ0n) is 22.4. The van der Waals surface area contributed by atoms with Crippen molar-refractivity contribution in [2.24, 2.45) is 5.10 Å². The largest absolute Gasteiger partial charge is 0.490 e. The molecule has 202 valence electrons. The molecule has 0 bridgehead atoms. The standard InChI is InChI=1S/C30H31BrN4O4/c1-5-19(3)29-34-25-13-12-22(31)16-23(25)30(37)35(29)32-17-21-11-14-26(27(15-21)38-6-2)39-18-28(36)33-24-10-8-7-9-20(24)4/h7-17,19H,5-6,18H2,1-4H3,(H,33,36)/t19-/m0/s1. The van der Waals surface area contributed by atoms with Gasteiger partial charge in [0, 0.05) is 16.1 Å². The number of nitrogens with one attached hydrogen (secondary N) is 1. The summed E-state index contributed by atoms with van der Waals surface area (Å²) in [5.74, 6) is 1.26. The van der Waals surface area contributed by atoms with Crippen molar-refractivity contribution >= 4 is 44.6 Å². The minimum absolute atomic E-state index is 0.0310. The zero-order chi connectivity index (χ0) is 27.9. The summed E-state index contributed by atoms with van der Waals surface area (Å²) in [7, 11) is 0. The molecule has 3 aromatic carbocycles. The molecule has 4 aromatic rings. The number of hydrogen-bond acceptors (Lipinski definition) is 6. The number of aromatic nitrogens is 2. The average Bonchev–Trinajstić information content (AvgIpc) is 2.93. The molecule has 8 nitrogen and oxygen atoms in total. The van der Waals surface area contributed by atoms with Crippen LogP contribution in [0.4, 0.5) is 5.69 Å². The van der Waals surface area contributed by atoms with Gasteiger partial charge in [0.2, 0.25) is 0 Å². The van der Waals surface area contributed by atoms with Crippen LogP contribution in [-0.2, 0) is 4.79 Å². The molecule has 0 aliphatic heterocycles. The van der Waals surface area contributed by atoms with Crippen molar-refractivity contribution in [1.82, 2.24) is 9.66 Å². The number of nitrogens with zero attached hydrogens (tertiary/aromatic N) is 3. The third-order valence-corrected chi connectivity index (χ3v) is 6.75. The maximum atomic E-state index is 13.4. The molecule has 0 fully saturated rings. The van der Waals surface area contributed by atoms with Crippen LogP contribution in [0.25, 0.3) is 10.9 Å². The molecule has 0 saturated heterocycles. The van der Waals surface area contributed by atoms with Crippen LogP contribution < -0.4 is 20.3 Å². The van der Waals surface area contributed by atoms with Crippen LogP contribution in [0.2, 0.25) is 0 Å². The first-order chi connectivity index (χ1) is 18.8. The molecule has 0 aliphatic carbocycles. The molecule has 0 radical (unpaired) electrons. The SMILES string of the molecule is CCOc1cc(C=Nn2c([C@@H](C)CC)nc3ccc(Br)cc3c2=O)ccc1OCC(=O)Nc1ccccc1C. The Bertz CT molecular complexity index is 1580. The molecule has 0 unspecified atom stereocenters. The van der Waals surface area contributed by atoms with Crippen LogP contribution in [0.3, 0.4) is 0 Å². The molecule has 39 heavy (non-hydrogen) atoms. The molecule has 1 aromatic heterocycles. The van der Waals surface area contributed by atoms with Crippen LogP contribution in [-0.4, -0.2) is 35.0 Å². The molecule has 1 amide bonds. The first kappa shape index (κ1) is 28.0. The Balaban J connectivity index is 1.59. The maximum absolute atomic E-state index is 13.4. The Hall–Kier alpha value is -3.98. The number of ether oxygens (including phenoxy) is 2. The number of rotatable bonds is 10. The van der Waals surface area contributed by atoms with E-state index in [2.05, 4.69) is 26.3 Å². The van der Waals surface area contributed by atoms with Crippen LogP contribution in [0.5, 0.6) is 11.5 Å². The lowest BCUT2D eigenvalue weighted by Crippen LogP contribution is -2.23. The topological polar surface area (TPSA) is 94.8 Å². The molecule has 0 aliphatic rings. The Morgan fingerprint density at radius 3 is 2.64 bits per heavy atom. The van der Waals surface area contributed by atoms with Crippen molar-refractivity contribution in [3.63, 3.8) is 0 Å². The highest BCUT2D eigenvalue weighted by Crippen LogP contribution is 2.28. The highest BCUT2D eigenvalue weighted by atomic mass is 79.9. The van der Waals surface area contributed by atoms with Gasteiger partial charge in [-0.3, -0.25) is 9.59 Å². The number of amides is 1. The van der Waals surface area contributed by atoms with E-state index in [9.17, 15) is 9.59 Å². The summed E-state index contributed by atoms with van der Waals surface area (Å²) >= 11 is 3.43. The number of hydrogen-bond donors (Lipinski definition) is 1. The fourth-order valence-corrected chi connectivity index (χ4v) is 4.30. The third-order valence-electron chi connectivity index (χ3n) is 6.25. The molecule has 0 saturated carbocycles. The Morgan fingerprint density at radius 1 is 1.10 bits per heavy atom. The number of fused-ring (bicyclic) bond motifs is 1. The molecule has 1 heterocycles. The van der Waals surface area contributed by atoms with E-state index in [1.807, 2.05) is 64.1 Å². The minimum Gasteiger partial charge on any atom is -0.490 e. The number of para-hydroxylation sites is 1. The van der Waals surface area contributed by atoms with Crippen molar-refractivity contribution < 1.29 is 14.3 Å². The summed E-state index contributed by atoms with van der Waals surface area (Å²) in [5, 5.41) is 7.86. The summed E-state index contributed by atoms with van der Waals surface area (Å²) in [6.07, 6.45) is 2.40. The Morgan fingerprint density at radius 2 is 1.90 bits per heavy atom. The molecular formula is C30H31BrN4O4. The first-order valence-electron chi connectivity index (χ1n) is 12.8. The van der Waals surface area contributed by atoms with Crippen molar-refractivity contribution in [1.29, 1.82) is 0 Å². The van der Waals surface area contributed by atoms with E-state index in [0.29, 0.717) is 40.4 Å². The van der Waals surface area contributed by atoms with Crippen molar-refractivity contribution in [2.45, 2.75) is 40.0 Å². The summed E-state index contributed by atoms with van der Waals surface area (Å²) in [5.41, 5.74) is 2.81. The lowest BCUT2D eigenvalue weighted by molar-refractivity contribution is -0.118. The average molecular weight is 592 g/mol. The van der Waals surface area contributed by atoms with Gasteiger partial charge in [-0.25, -0.2) is 4.98 Å². The second kappa shape index (κ2) is 12.7. The van der Waals surface area contributed by atoms with Gasteiger partial charge in [0.05, 0.1) is 23.7 Å². The maximum Gasteiger partial charge on any atom is 0.282 e. The summed E-state index contributed by atoms with van der Waals surface area (Å²) in [4.78, 5) is 30.6. The number of halogens is 1. The van der Waals surface area contributed by atoms with Gasteiger partial charge < -0.3 is 14.8 Å². The molecular weight excluding hydrogens is 560 g/mol. The van der Waals surface area contributed by atoms with Gasteiger partial charge in [-0.2, -0.15) is 9.78 Å². The monoisotopic (exact) mass is 590 g/mol. The van der Waals surface area contributed by atoms with Crippen molar-refractivity contribution in [2.75, 3.05) is 18.5 Å². The highest BCUT2D eigenvalue weighted by molar-refractivity contribution is 9.10. The molecule has 4 rings (SSSR count). The summed E-state index contributed by atoms with van der Waals surface area (Å²) < 4.78 is 13.7. The van der Waals surface area contributed by atoms with E-state index >= 15 is 0 Å². The smallest absolute Gasteiger partial charge is 0.282 e. The number of carbonyl (C=O) groups excluding carboxylic acids is 1. The van der Waals surface area contributed by atoms with Crippen molar-refractivity contribution in [3.05, 3.63) is 92.4 Å². The van der Waals surface area contributed by atoms with Crippen LogP contribution in [0.1, 0.15) is 50.1 Å². The number of carbonyl (C=O) groups is 1. The fourth-order valence-electron chi connectivity index (χ4n) is 3.94. The fraction of sp³-hybridized carbons (Fsp3) is 0.267. The Labute approximate surface area is 235 Å². The lowest BCUT2D eigenvalue weighted by atomic mass is 10.1. The lowest BCUT2D eigenvalue weighted by Gasteiger charge is -2.14. The predicted octanol–water partition coefficient (Wildman–Crippen LogP) is 6.28. The predicted molar refractivity (Wildman–Crippen MR) is 158 cm³/mol. The second-order valence-electron chi connectivity index (χ2n) is 9.09. The second-order valence-corrected chi connectivity index (χ2v) is 10.0. The van der Waals surface area contributed by atoms with E-state index in [1.54, 1.807) is 30.5 Å². The Kier molecular flexibility index (Phi) is 9.14.